The van der Waals surface area contributed by atoms with Gasteiger partial charge in [0.2, 0.25) is 0 Å². The van der Waals surface area contributed by atoms with Crippen LogP contribution in [0.25, 0.3) is 0 Å². The van der Waals surface area contributed by atoms with Gasteiger partial charge in [0, 0.05) is 6.54 Å². The third-order valence-corrected chi connectivity index (χ3v) is 4.98. The van der Waals surface area contributed by atoms with Crippen molar-refractivity contribution in [1.29, 1.82) is 0 Å². The molecule has 0 aliphatic carbocycles. The van der Waals surface area contributed by atoms with Crippen LogP contribution in [0.3, 0.4) is 0 Å². The predicted octanol–water partition coefficient (Wildman–Crippen LogP) is 4.34. The van der Waals surface area contributed by atoms with E-state index in [9.17, 15) is 9.90 Å². The Kier molecular flexibility index (Phi) is 5.62. The van der Waals surface area contributed by atoms with Crippen LogP contribution in [0.4, 0.5) is 0 Å². The van der Waals surface area contributed by atoms with Gasteiger partial charge in [0.15, 0.2) is 0 Å². The molecule has 0 radical (unpaired) electrons. The van der Waals surface area contributed by atoms with Crippen LogP contribution in [0.1, 0.15) is 48.1 Å². The Labute approximate surface area is 155 Å². The fraction of sp³-hybridized carbons (Fsp3) is 0.409. The van der Waals surface area contributed by atoms with Gasteiger partial charge in [-0.3, -0.25) is 9.69 Å². The number of likely N-dealkylation sites (tertiary alicyclic amines) is 1. The van der Waals surface area contributed by atoms with Gasteiger partial charge in [0.25, 0.3) is 0 Å². The molecule has 1 aliphatic rings. The highest BCUT2D eigenvalue weighted by Gasteiger charge is 2.36. The molecule has 0 spiro atoms. The van der Waals surface area contributed by atoms with E-state index in [2.05, 4.69) is 49.1 Å². The molecule has 1 fully saturated rings. The van der Waals surface area contributed by atoms with Crippen LogP contribution in [0.15, 0.2) is 42.5 Å². The van der Waals surface area contributed by atoms with E-state index >= 15 is 0 Å². The zero-order valence-electron chi connectivity index (χ0n) is 15.7. The van der Waals surface area contributed by atoms with Crippen molar-refractivity contribution >= 4 is 5.97 Å². The van der Waals surface area contributed by atoms with Crippen LogP contribution >= 0.6 is 0 Å². The van der Waals surface area contributed by atoms with Crippen molar-refractivity contribution in [3.8, 4) is 5.75 Å². The Morgan fingerprint density at radius 1 is 1.15 bits per heavy atom. The smallest absolute Gasteiger partial charge is 0.320 e. The molecule has 0 bridgehead atoms. The van der Waals surface area contributed by atoms with Crippen molar-refractivity contribution in [3.63, 3.8) is 0 Å². The Morgan fingerprint density at radius 3 is 2.38 bits per heavy atom. The van der Waals surface area contributed by atoms with Gasteiger partial charge in [-0.25, -0.2) is 0 Å². The summed E-state index contributed by atoms with van der Waals surface area (Å²) in [4.78, 5) is 13.9. The first kappa shape index (κ1) is 18.5. The minimum atomic E-state index is -0.734. The third kappa shape index (κ3) is 3.91. The van der Waals surface area contributed by atoms with Crippen molar-refractivity contribution in [2.45, 2.75) is 45.7 Å². The van der Waals surface area contributed by atoms with Crippen molar-refractivity contribution in [2.75, 3.05) is 13.2 Å². The summed E-state index contributed by atoms with van der Waals surface area (Å²) in [7, 11) is 0. The number of aryl methyl sites for hydroxylation is 2. The van der Waals surface area contributed by atoms with Crippen LogP contribution in [0.5, 0.6) is 5.75 Å². The lowest BCUT2D eigenvalue weighted by atomic mass is 9.93. The van der Waals surface area contributed by atoms with Gasteiger partial charge < -0.3 is 9.84 Å². The lowest BCUT2D eigenvalue weighted by Crippen LogP contribution is -2.39. The largest absolute Gasteiger partial charge is 0.494 e. The maximum atomic E-state index is 11.8. The summed E-state index contributed by atoms with van der Waals surface area (Å²) in [6.45, 7) is 7.57. The van der Waals surface area contributed by atoms with E-state index in [1.807, 2.05) is 19.1 Å². The molecule has 0 amide bonds. The quantitative estimate of drug-likeness (QED) is 0.839. The number of hydrogen-bond donors (Lipinski definition) is 1. The van der Waals surface area contributed by atoms with E-state index in [-0.39, 0.29) is 6.04 Å². The number of carbonyl (C=O) groups is 1. The molecule has 26 heavy (non-hydrogen) atoms. The monoisotopic (exact) mass is 353 g/mol. The standard InChI is InChI=1S/C22H27NO3/c1-4-26-19-9-7-17(8-10-19)21(18-13-15(2)12-16(3)14-18)23-11-5-6-20(23)22(24)25/h7-10,12-14,20-21H,4-6,11H2,1-3H3,(H,24,25). The van der Waals surface area contributed by atoms with E-state index in [4.69, 9.17) is 4.74 Å². The van der Waals surface area contributed by atoms with E-state index < -0.39 is 12.0 Å². The van der Waals surface area contributed by atoms with Crippen molar-refractivity contribution < 1.29 is 14.6 Å². The van der Waals surface area contributed by atoms with Crippen LogP contribution in [-0.2, 0) is 4.79 Å². The second kappa shape index (κ2) is 7.92. The van der Waals surface area contributed by atoms with Crippen molar-refractivity contribution in [1.82, 2.24) is 4.90 Å². The number of benzene rings is 2. The zero-order chi connectivity index (χ0) is 18.7. The Balaban J connectivity index is 2.05. The van der Waals surface area contributed by atoms with E-state index in [1.54, 1.807) is 0 Å². The molecule has 1 saturated heterocycles. The van der Waals surface area contributed by atoms with Crippen LogP contribution in [0, 0.1) is 13.8 Å². The van der Waals surface area contributed by atoms with E-state index in [0.717, 1.165) is 29.8 Å². The maximum Gasteiger partial charge on any atom is 0.320 e. The molecule has 3 rings (SSSR count). The minimum Gasteiger partial charge on any atom is -0.494 e. The highest BCUT2D eigenvalue weighted by Crippen LogP contribution is 2.36. The molecule has 0 saturated carbocycles. The molecular formula is C22H27NO3. The number of rotatable bonds is 6. The average molecular weight is 353 g/mol. The van der Waals surface area contributed by atoms with Crippen LogP contribution < -0.4 is 4.74 Å². The summed E-state index contributed by atoms with van der Waals surface area (Å²) in [6, 6.07) is 14.1. The number of aliphatic carboxylic acids is 1. The number of ether oxygens (including phenoxy) is 1. The molecule has 1 aliphatic heterocycles. The SMILES string of the molecule is CCOc1ccc(C(c2cc(C)cc(C)c2)N2CCCC2C(=O)O)cc1. The molecule has 2 atom stereocenters. The maximum absolute atomic E-state index is 11.8. The number of nitrogens with zero attached hydrogens (tertiary/aromatic N) is 1. The highest BCUT2D eigenvalue weighted by molar-refractivity contribution is 5.74. The Bertz CT molecular complexity index is 749. The summed E-state index contributed by atoms with van der Waals surface area (Å²) < 4.78 is 5.56. The summed E-state index contributed by atoms with van der Waals surface area (Å²) in [5, 5.41) is 9.69. The fourth-order valence-corrected chi connectivity index (χ4v) is 4.02. The normalized spacial score (nSPS) is 18.7. The number of carboxylic acid groups (broad SMARTS) is 1. The zero-order valence-corrected chi connectivity index (χ0v) is 15.7. The minimum absolute atomic E-state index is 0.0622. The first-order chi connectivity index (χ1) is 12.5. The molecule has 2 unspecified atom stereocenters. The van der Waals surface area contributed by atoms with E-state index in [1.165, 1.54) is 11.1 Å². The Hall–Kier alpha value is -2.33. The van der Waals surface area contributed by atoms with E-state index in [0.29, 0.717) is 13.0 Å². The molecule has 0 aromatic heterocycles. The van der Waals surface area contributed by atoms with Crippen molar-refractivity contribution in [2.24, 2.45) is 0 Å². The summed E-state index contributed by atoms with van der Waals surface area (Å²) in [5.41, 5.74) is 4.65. The first-order valence-corrected chi connectivity index (χ1v) is 9.29. The van der Waals surface area contributed by atoms with Gasteiger partial charge in [0.05, 0.1) is 12.6 Å². The molecule has 138 valence electrons. The molecule has 4 heteroatoms. The van der Waals surface area contributed by atoms with Gasteiger partial charge in [-0.2, -0.15) is 0 Å². The molecule has 2 aromatic carbocycles. The molecule has 2 aromatic rings. The summed E-state index contributed by atoms with van der Waals surface area (Å²) in [5.74, 6) is 0.106. The van der Waals surface area contributed by atoms with Gasteiger partial charge in [-0.1, -0.05) is 41.5 Å². The van der Waals surface area contributed by atoms with Crippen LogP contribution in [-0.4, -0.2) is 35.2 Å². The molecule has 1 heterocycles. The van der Waals surface area contributed by atoms with Crippen LogP contribution in [0.2, 0.25) is 0 Å². The molecule has 4 nitrogen and oxygen atoms in total. The fourth-order valence-electron chi connectivity index (χ4n) is 4.02. The van der Waals surface area contributed by atoms with Gasteiger partial charge in [-0.15, -0.1) is 0 Å². The second-order valence-corrected chi connectivity index (χ2v) is 7.06. The van der Waals surface area contributed by atoms with Gasteiger partial charge in [0.1, 0.15) is 11.8 Å². The summed E-state index contributed by atoms with van der Waals surface area (Å²) >= 11 is 0. The molecule has 1 N–H and O–H groups in total. The lowest BCUT2D eigenvalue weighted by Gasteiger charge is -2.32. The Morgan fingerprint density at radius 2 is 1.81 bits per heavy atom. The van der Waals surface area contributed by atoms with Crippen molar-refractivity contribution in [3.05, 3.63) is 64.7 Å². The average Bonchev–Trinajstić information content (AvgIpc) is 3.05. The van der Waals surface area contributed by atoms with Gasteiger partial charge >= 0.3 is 5.97 Å². The number of carboxylic acids is 1. The lowest BCUT2D eigenvalue weighted by molar-refractivity contribution is -0.142. The molecular weight excluding hydrogens is 326 g/mol. The predicted molar refractivity (Wildman–Crippen MR) is 103 cm³/mol. The topological polar surface area (TPSA) is 49.8 Å². The second-order valence-electron chi connectivity index (χ2n) is 7.06. The number of hydrogen-bond acceptors (Lipinski definition) is 3. The highest BCUT2D eigenvalue weighted by atomic mass is 16.5. The van der Waals surface area contributed by atoms with Gasteiger partial charge in [-0.05, 0) is 56.9 Å². The third-order valence-electron chi connectivity index (χ3n) is 4.98. The first-order valence-electron chi connectivity index (χ1n) is 9.29. The summed E-state index contributed by atoms with van der Waals surface area (Å²) in [6.07, 6.45) is 1.61.